The number of allylic oxidation sites excluding steroid dienone is 1. The smallest absolute Gasteiger partial charge is 0.416 e. The summed E-state index contributed by atoms with van der Waals surface area (Å²) >= 11 is 6.18. The maximum atomic E-state index is 14.5. The van der Waals surface area contributed by atoms with Crippen molar-refractivity contribution < 1.29 is 35.5 Å². The predicted molar refractivity (Wildman–Crippen MR) is 145 cm³/mol. The van der Waals surface area contributed by atoms with Crippen molar-refractivity contribution in [3.05, 3.63) is 88.2 Å². The van der Waals surface area contributed by atoms with E-state index in [2.05, 4.69) is 5.32 Å². The number of hydrogen-bond acceptors (Lipinski definition) is 4. The second-order valence-corrected chi connectivity index (χ2v) is 11.6. The molecule has 2 atom stereocenters. The van der Waals surface area contributed by atoms with Crippen LogP contribution in [0.3, 0.4) is 0 Å². The largest absolute Gasteiger partial charge is 0.484 e. The molecule has 212 valence electrons. The molecule has 12 heteroatoms. The minimum atomic E-state index is -4.75. The van der Waals surface area contributed by atoms with Crippen LogP contribution in [0.15, 0.2) is 65.6 Å². The highest BCUT2D eigenvalue weighted by atomic mass is 35.5. The van der Waals surface area contributed by atoms with Crippen LogP contribution in [0.25, 0.3) is 11.6 Å². The van der Waals surface area contributed by atoms with Crippen molar-refractivity contribution in [3.63, 3.8) is 0 Å². The van der Waals surface area contributed by atoms with E-state index in [0.717, 1.165) is 22.5 Å². The van der Waals surface area contributed by atoms with E-state index in [9.17, 15) is 30.8 Å². The Kier molecular flexibility index (Phi) is 8.18. The zero-order chi connectivity index (χ0) is 29.4. The normalized spacial score (nSPS) is 16.6. The van der Waals surface area contributed by atoms with Crippen LogP contribution in [0.1, 0.15) is 37.5 Å². The van der Waals surface area contributed by atoms with Crippen molar-refractivity contribution in [1.82, 2.24) is 5.32 Å². The first kappa shape index (κ1) is 29.4. The van der Waals surface area contributed by atoms with Gasteiger partial charge in [0.05, 0.1) is 33.8 Å². The van der Waals surface area contributed by atoms with Crippen molar-refractivity contribution in [2.45, 2.75) is 44.0 Å². The number of benzene rings is 3. The summed E-state index contributed by atoms with van der Waals surface area (Å²) in [4.78, 5) is 11.1. The number of halogens is 5. The third-order valence-electron chi connectivity index (χ3n) is 6.35. The van der Waals surface area contributed by atoms with Crippen LogP contribution in [-0.2, 0) is 21.0 Å². The second-order valence-electron chi connectivity index (χ2n) is 9.36. The number of nitrogens with zero attached hydrogens (tertiary/aromatic N) is 1. The standard InChI is InChI=1S/C28H25ClF4N2O4S/c1-16(27-22(29)8-5-9-23(27)30)12-19-10-11-25-24(13-19)35(15-26(39-25)17(2)34-18(3)36)40(37,38)21-7-4-6-20(14-21)28(31,32)33/h4-14,17,26H,15H2,1-3H3,(H,34,36)/b16-12+/t17-,26?/m1/s1. The Bertz CT molecular complexity index is 1570. The summed E-state index contributed by atoms with van der Waals surface area (Å²) in [7, 11) is -4.53. The molecule has 3 aromatic rings. The fraction of sp³-hybridized carbons (Fsp3) is 0.250. The molecular formula is C28H25ClF4N2O4S. The van der Waals surface area contributed by atoms with Gasteiger partial charge < -0.3 is 10.1 Å². The Morgan fingerprint density at radius 2 is 1.82 bits per heavy atom. The average Bonchev–Trinajstić information content (AvgIpc) is 2.87. The number of carbonyl (C=O) groups excluding carboxylic acids is 1. The van der Waals surface area contributed by atoms with E-state index in [1.807, 2.05) is 0 Å². The number of sulfonamides is 1. The molecule has 0 bridgehead atoms. The van der Waals surface area contributed by atoms with Crippen LogP contribution < -0.4 is 14.4 Å². The van der Waals surface area contributed by atoms with E-state index in [1.54, 1.807) is 26.0 Å². The lowest BCUT2D eigenvalue weighted by atomic mass is 10.0. The average molecular weight is 597 g/mol. The Morgan fingerprint density at radius 1 is 1.12 bits per heavy atom. The van der Waals surface area contributed by atoms with Crippen LogP contribution in [0, 0.1) is 5.82 Å². The van der Waals surface area contributed by atoms with Gasteiger partial charge in [0, 0.05) is 12.5 Å². The highest BCUT2D eigenvalue weighted by Crippen LogP contribution is 2.40. The van der Waals surface area contributed by atoms with E-state index in [-0.39, 0.29) is 34.5 Å². The van der Waals surface area contributed by atoms with Crippen molar-refractivity contribution in [3.8, 4) is 5.75 Å². The summed E-state index contributed by atoms with van der Waals surface area (Å²) in [5, 5.41) is 2.85. The number of carbonyl (C=O) groups is 1. The molecule has 1 heterocycles. The monoisotopic (exact) mass is 596 g/mol. The fourth-order valence-corrected chi connectivity index (χ4v) is 6.28. The van der Waals surface area contributed by atoms with E-state index in [1.165, 1.54) is 37.3 Å². The Labute approximate surface area is 234 Å². The van der Waals surface area contributed by atoms with Gasteiger partial charge in [0.2, 0.25) is 5.91 Å². The number of amides is 1. The fourth-order valence-electron chi connectivity index (χ4n) is 4.44. The molecule has 0 saturated heterocycles. The molecule has 40 heavy (non-hydrogen) atoms. The van der Waals surface area contributed by atoms with Gasteiger partial charge in [0.15, 0.2) is 0 Å². The second kappa shape index (κ2) is 11.1. The topological polar surface area (TPSA) is 75.7 Å². The first-order valence-electron chi connectivity index (χ1n) is 12.1. The maximum Gasteiger partial charge on any atom is 0.416 e. The zero-order valence-electron chi connectivity index (χ0n) is 21.6. The van der Waals surface area contributed by atoms with Gasteiger partial charge in [-0.25, -0.2) is 12.8 Å². The summed E-state index contributed by atoms with van der Waals surface area (Å²) in [6, 6.07) is 11.7. The molecule has 0 aromatic heterocycles. The van der Waals surface area contributed by atoms with E-state index >= 15 is 0 Å². The van der Waals surface area contributed by atoms with Gasteiger partial charge in [0.25, 0.3) is 10.0 Å². The van der Waals surface area contributed by atoms with Gasteiger partial charge >= 0.3 is 6.18 Å². The minimum absolute atomic E-state index is 0.0740. The quantitative estimate of drug-likeness (QED) is 0.259. The van der Waals surface area contributed by atoms with Gasteiger partial charge in [-0.1, -0.05) is 35.9 Å². The highest BCUT2D eigenvalue weighted by Gasteiger charge is 2.38. The molecule has 6 nitrogen and oxygen atoms in total. The lowest BCUT2D eigenvalue weighted by Crippen LogP contribution is -2.52. The number of alkyl halides is 3. The van der Waals surface area contributed by atoms with Crippen LogP contribution >= 0.6 is 11.6 Å². The lowest BCUT2D eigenvalue weighted by molar-refractivity contribution is -0.137. The van der Waals surface area contributed by atoms with Gasteiger partial charge in [-0.15, -0.1) is 0 Å². The molecule has 0 spiro atoms. The molecular weight excluding hydrogens is 572 g/mol. The lowest BCUT2D eigenvalue weighted by Gasteiger charge is -2.38. The van der Waals surface area contributed by atoms with Crippen LogP contribution in [0.2, 0.25) is 5.02 Å². The Morgan fingerprint density at radius 3 is 2.48 bits per heavy atom. The summed E-state index contributed by atoms with van der Waals surface area (Å²) in [6.07, 6.45) is -4.00. The number of hydrogen-bond donors (Lipinski definition) is 1. The third kappa shape index (κ3) is 6.10. The number of fused-ring (bicyclic) bond motifs is 1. The zero-order valence-corrected chi connectivity index (χ0v) is 23.2. The van der Waals surface area contributed by atoms with Crippen molar-refractivity contribution in [2.75, 3.05) is 10.8 Å². The summed E-state index contributed by atoms with van der Waals surface area (Å²) in [5.41, 5.74) is 0.0703. The van der Waals surface area contributed by atoms with Crippen molar-refractivity contribution in [1.29, 1.82) is 0 Å². The molecule has 0 saturated carbocycles. The maximum absolute atomic E-state index is 14.5. The summed E-state index contributed by atoms with van der Waals surface area (Å²) in [6.45, 7) is 4.28. The number of rotatable bonds is 6. The number of ether oxygens (including phenoxy) is 1. The minimum Gasteiger partial charge on any atom is -0.484 e. The number of nitrogens with one attached hydrogen (secondary N) is 1. The SMILES string of the molecule is CC(=O)N[C@H](C)C1CN(S(=O)(=O)c2cccc(C(F)(F)F)c2)c2cc(/C=C(\C)c3c(F)cccc3Cl)ccc2O1. The van der Waals surface area contributed by atoms with Gasteiger partial charge in [-0.05, 0) is 67.4 Å². The van der Waals surface area contributed by atoms with Gasteiger partial charge in [-0.2, -0.15) is 13.2 Å². The van der Waals surface area contributed by atoms with Crippen molar-refractivity contribution >= 4 is 44.9 Å². The number of anilines is 1. The molecule has 4 rings (SSSR count). The molecule has 0 radical (unpaired) electrons. The van der Waals surface area contributed by atoms with E-state index in [0.29, 0.717) is 17.2 Å². The highest BCUT2D eigenvalue weighted by molar-refractivity contribution is 7.92. The molecule has 0 aliphatic carbocycles. The molecule has 1 aliphatic rings. The molecule has 0 fully saturated rings. The summed E-state index contributed by atoms with van der Waals surface area (Å²) in [5.74, 6) is -0.759. The molecule has 1 aliphatic heterocycles. The predicted octanol–water partition coefficient (Wildman–Crippen LogP) is 6.54. The summed E-state index contributed by atoms with van der Waals surface area (Å²) < 4.78 is 89.2. The van der Waals surface area contributed by atoms with Gasteiger partial charge in [-0.3, -0.25) is 9.10 Å². The molecule has 1 unspecified atom stereocenters. The van der Waals surface area contributed by atoms with Crippen LogP contribution in [-0.4, -0.2) is 33.0 Å². The first-order valence-corrected chi connectivity index (χ1v) is 13.9. The van der Waals surface area contributed by atoms with E-state index < -0.39 is 44.6 Å². The van der Waals surface area contributed by atoms with Crippen LogP contribution in [0.5, 0.6) is 5.75 Å². The van der Waals surface area contributed by atoms with Crippen LogP contribution in [0.4, 0.5) is 23.2 Å². The Hall–Kier alpha value is -3.57. The van der Waals surface area contributed by atoms with Crippen molar-refractivity contribution in [2.24, 2.45) is 0 Å². The third-order valence-corrected chi connectivity index (χ3v) is 8.44. The Balaban J connectivity index is 1.83. The molecule has 1 amide bonds. The van der Waals surface area contributed by atoms with Gasteiger partial charge in [0.1, 0.15) is 17.7 Å². The first-order chi connectivity index (χ1) is 18.7. The van der Waals surface area contributed by atoms with E-state index in [4.69, 9.17) is 16.3 Å². The molecule has 1 N–H and O–H groups in total. The molecule has 3 aromatic carbocycles.